The average Bonchev–Trinajstić information content (AvgIpc) is 2.21. The third-order valence-corrected chi connectivity index (χ3v) is 1.79. The zero-order valence-electron chi connectivity index (χ0n) is 8.56. The Labute approximate surface area is 90.2 Å². The van der Waals surface area contributed by atoms with Gasteiger partial charge in [-0.2, -0.15) is 0 Å². The van der Waals surface area contributed by atoms with Crippen molar-refractivity contribution in [2.24, 2.45) is 0 Å². The molecular formula is C9H10N2O5. The van der Waals surface area contributed by atoms with E-state index >= 15 is 0 Å². The molecule has 1 aromatic heterocycles. The number of pyridine rings is 1. The molecule has 0 saturated heterocycles. The smallest absolute Gasteiger partial charge is 0.334 e. The molecule has 7 heteroatoms. The van der Waals surface area contributed by atoms with Crippen molar-refractivity contribution in [2.45, 2.75) is 13.3 Å². The molecule has 7 nitrogen and oxygen atoms in total. The van der Waals surface area contributed by atoms with Gasteiger partial charge in [0, 0.05) is 12.3 Å². The summed E-state index contributed by atoms with van der Waals surface area (Å²) in [5, 5.41) is 10.5. The van der Waals surface area contributed by atoms with Crippen LogP contribution in [-0.2, 0) is 16.0 Å². The number of aromatic nitrogens is 1. The molecule has 0 saturated carbocycles. The molecule has 0 unspecified atom stereocenters. The predicted molar refractivity (Wildman–Crippen MR) is 54.1 cm³/mol. The molecule has 1 N–H and O–H groups in total. The largest absolute Gasteiger partial charge is 0.466 e. The zero-order valence-corrected chi connectivity index (χ0v) is 8.56. The third-order valence-electron chi connectivity index (χ3n) is 1.79. The van der Waals surface area contributed by atoms with Gasteiger partial charge in [0.05, 0.1) is 18.0 Å². The Morgan fingerprint density at radius 1 is 1.62 bits per heavy atom. The van der Waals surface area contributed by atoms with Gasteiger partial charge < -0.3 is 9.72 Å². The van der Waals surface area contributed by atoms with E-state index < -0.39 is 22.1 Å². The van der Waals surface area contributed by atoms with E-state index in [1.165, 1.54) is 6.20 Å². The molecule has 0 aromatic carbocycles. The predicted octanol–water partition coefficient (Wildman–Crippen LogP) is 0.389. The Kier molecular flexibility index (Phi) is 3.76. The fourth-order valence-corrected chi connectivity index (χ4v) is 1.13. The molecule has 1 aromatic rings. The summed E-state index contributed by atoms with van der Waals surface area (Å²) >= 11 is 0. The highest BCUT2D eigenvalue weighted by Gasteiger charge is 2.14. The van der Waals surface area contributed by atoms with Gasteiger partial charge in [-0.25, -0.2) is 0 Å². The topological polar surface area (TPSA) is 102 Å². The fourth-order valence-electron chi connectivity index (χ4n) is 1.13. The maximum atomic E-state index is 11.1. The van der Waals surface area contributed by atoms with E-state index in [9.17, 15) is 19.7 Å². The Morgan fingerprint density at radius 2 is 2.31 bits per heavy atom. The van der Waals surface area contributed by atoms with E-state index in [0.717, 1.165) is 6.07 Å². The Bertz CT molecular complexity index is 465. The molecule has 1 heterocycles. The van der Waals surface area contributed by atoms with Gasteiger partial charge in [-0.15, -0.1) is 0 Å². The van der Waals surface area contributed by atoms with E-state index in [1.54, 1.807) is 6.92 Å². The molecule has 0 bridgehead atoms. The lowest BCUT2D eigenvalue weighted by Crippen LogP contribution is -2.14. The summed E-state index contributed by atoms with van der Waals surface area (Å²) in [7, 11) is 0. The second-order valence-electron chi connectivity index (χ2n) is 2.96. The zero-order chi connectivity index (χ0) is 12.1. The maximum absolute atomic E-state index is 11.1. The van der Waals surface area contributed by atoms with Gasteiger partial charge in [-0.3, -0.25) is 19.7 Å². The van der Waals surface area contributed by atoms with Gasteiger partial charge in [0.1, 0.15) is 0 Å². The summed E-state index contributed by atoms with van der Waals surface area (Å²) in [5.41, 5.74) is -1.04. The highest BCUT2D eigenvalue weighted by Crippen LogP contribution is 2.07. The lowest BCUT2D eigenvalue weighted by molar-refractivity contribution is -0.386. The Hall–Kier alpha value is -2.18. The number of H-pyrrole nitrogens is 1. The minimum atomic E-state index is -0.798. The first kappa shape index (κ1) is 11.9. The standard InChI is InChI=1S/C9H10N2O5/c1-2-16-8(12)4-6-3-7(11(14)15)9(13)10-5-6/h3,5H,2,4H2,1H3,(H,10,13). The number of ether oxygens (including phenoxy) is 1. The average molecular weight is 226 g/mol. The third kappa shape index (κ3) is 2.91. The molecule has 0 radical (unpaired) electrons. The van der Waals surface area contributed by atoms with Crippen LogP contribution in [0.2, 0.25) is 0 Å². The van der Waals surface area contributed by atoms with Crippen molar-refractivity contribution in [1.29, 1.82) is 0 Å². The maximum Gasteiger partial charge on any atom is 0.334 e. The van der Waals surface area contributed by atoms with Crippen molar-refractivity contribution in [3.05, 3.63) is 38.3 Å². The lowest BCUT2D eigenvalue weighted by Gasteiger charge is -2.01. The van der Waals surface area contributed by atoms with Crippen molar-refractivity contribution in [3.8, 4) is 0 Å². The molecule has 86 valence electrons. The van der Waals surface area contributed by atoms with Crippen LogP contribution in [0, 0.1) is 10.1 Å². The van der Waals surface area contributed by atoms with Crippen LogP contribution in [0.4, 0.5) is 5.69 Å². The van der Waals surface area contributed by atoms with Crippen LogP contribution >= 0.6 is 0 Å². The van der Waals surface area contributed by atoms with Crippen molar-refractivity contribution in [1.82, 2.24) is 4.98 Å². The Morgan fingerprint density at radius 3 is 2.88 bits per heavy atom. The molecule has 0 aliphatic rings. The molecule has 16 heavy (non-hydrogen) atoms. The van der Waals surface area contributed by atoms with Crippen LogP contribution in [0.15, 0.2) is 17.1 Å². The fraction of sp³-hybridized carbons (Fsp3) is 0.333. The number of nitro groups is 1. The number of carbonyl (C=O) groups is 1. The van der Waals surface area contributed by atoms with E-state index in [4.69, 9.17) is 0 Å². The highest BCUT2D eigenvalue weighted by molar-refractivity contribution is 5.72. The first-order chi connectivity index (χ1) is 7.54. The second-order valence-corrected chi connectivity index (χ2v) is 2.96. The monoisotopic (exact) mass is 226 g/mol. The number of hydrogen-bond donors (Lipinski definition) is 1. The van der Waals surface area contributed by atoms with Crippen LogP contribution in [0.3, 0.4) is 0 Å². The summed E-state index contributed by atoms with van der Waals surface area (Å²) in [6.45, 7) is 1.90. The quantitative estimate of drug-likeness (QED) is 0.454. The van der Waals surface area contributed by atoms with Gasteiger partial charge in [0.25, 0.3) is 0 Å². The molecule has 1 rings (SSSR count). The minimum absolute atomic E-state index is 0.106. The number of carbonyl (C=O) groups excluding carboxylic acids is 1. The Balaban J connectivity index is 2.91. The number of hydrogen-bond acceptors (Lipinski definition) is 5. The SMILES string of the molecule is CCOC(=O)Cc1c[nH]c(=O)c([N+](=O)[O-])c1. The van der Waals surface area contributed by atoms with Gasteiger partial charge in [0.15, 0.2) is 0 Å². The normalized spacial score (nSPS) is 9.81. The van der Waals surface area contributed by atoms with Crippen LogP contribution in [0.5, 0.6) is 0 Å². The van der Waals surface area contributed by atoms with Gasteiger partial charge in [-0.05, 0) is 12.5 Å². The minimum Gasteiger partial charge on any atom is -0.466 e. The van der Waals surface area contributed by atoms with Crippen molar-refractivity contribution < 1.29 is 14.5 Å². The van der Waals surface area contributed by atoms with Gasteiger partial charge in [-0.1, -0.05) is 0 Å². The first-order valence-electron chi connectivity index (χ1n) is 4.56. The molecule has 0 amide bonds. The summed E-state index contributed by atoms with van der Waals surface area (Å²) in [5.74, 6) is -0.496. The number of aromatic amines is 1. The van der Waals surface area contributed by atoms with E-state index in [0.29, 0.717) is 5.56 Å². The van der Waals surface area contributed by atoms with Crippen LogP contribution in [0.25, 0.3) is 0 Å². The lowest BCUT2D eigenvalue weighted by atomic mass is 10.2. The molecule has 0 aliphatic carbocycles. The van der Waals surface area contributed by atoms with Crippen LogP contribution < -0.4 is 5.56 Å². The summed E-state index contributed by atoms with van der Waals surface area (Å²) in [6.07, 6.45) is 1.15. The summed E-state index contributed by atoms with van der Waals surface area (Å²) in [4.78, 5) is 34.0. The van der Waals surface area contributed by atoms with Crippen molar-refractivity contribution in [3.63, 3.8) is 0 Å². The van der Waals surface area contributed by atoms with Crippen LogP contribution in [-0.4, -0.2) is 22.5 Å². The van der Waals surface area contributed by atoms with Crippen LogP contribution in [0.1, 0.15) is 12.5 Å². The number of rotatable bonds is 4. The highest BCUT2D eigenvalue weighted by atomic mass is 16.6. The molecule has 0 atom stereocenters. The van der Waals surface area contributed by atoms with E-state index in [1.807, 2.05) is 0 Å². The van der Waals surface area contributed by atoms with Crippen molar-refractivity contribution >= 4 is 11.7 Å². The first-order valence-corrected chi connectivity index (χ1v) is 4.56. The second kappa shape index (κ2) is 5.06. The van der Waals surface area contributed by atoms with E-state index in [2.05, 4.69) is 9.72 Å². The number of nitrogens with one attached hydrogen (secondary N) is 1. The summed E-state index contributed by atoms with van der Waals surface area (Å²) in [6, 6.07) is 1.07. The van der Waals surface area contributed by atoms with E-state index in [-0.39, 0.29) is 13.0 Å². The molecule has 0 spiro atoms. The molecule has 0 aliphatic heterocycles. The number of nitrogens with zero attached hydrogens (tertiary/aromatic N) is 1. The van der Waals surface area contributed by atoms with Gasteiger partial charge >= 0.3 is 17.2 Å². The summed E-state index contributed by atoms with van der Waals surface area (Å²) < 4.78 is 4.68. The van der Waals surface area contributed by atoms with Gasteiger partial charge in [0.2, 0.25) is 0 Å². The molecule has 0 fully saturated rings. The number of esters is 1. The van der Waals surface area contributed by atoms with Crippen molar-refractivity contribution in [2.75, 3.05) is 6.61 Å². The molecular weight excluding hydrogens is 216 g/mol.